The lowest BCUT2D eigenvalue weighted by Gasteiger charge is -2.25. The molecule has 0 fully saturated rings. The van der Waals surface area contributed by atoms with Gasteiger partial charge in [-0.2, -0.15) is 0 Å². The number of rotatable bonds is 4. The van der Waals surface area contributed by atoms with Gasteiger partial charge in [0.05, 0.1) is 23.2 Å². The molecule has 0 radical (unpaired) electrons. The number of hydrogen-bond acceptors (Lipinski definition) is 4. The van der Waals surface area contributed by atoms with Crippen molar-refractivity contribution in [3.05, 3.63) is 49.8 Å². The zero-order valence-corrected chi connectivity index (χ0v) is 14.2. The summed E-state index contributed by atoms with van der Waals surface area (Å²) in [5.74, 6) is 0.369. The van der Waals surface area contributed by atoms with Crippen LogP contribution in [0.2, 0.25) is 0 Å². The lowest BCUT2D eigenvalue weighted by molar-refractivity contribution is -0.121. The summed E-state index contributed by atoms with van der Waals surface area (Å²) in [5, 5.41) is 6.11. The van der Waals surface area contributed by atoms with Gasteiger partial charge in [0.1, 0.15) is 0 Å². The molecule has 2 heterocycles. The van der Waals surface area contributed by atoms with E-state index in [4.69, 9.17) is 0 Å². The number of aryl methyl sites for hydroxylation is 1. The Kier molecular flexibility index (Phi) is 4.61. The molecule has 0 saturated heterocycles. The Hall–Kier alpha value is -1.95. The van der Waals surface area contributed by atoms with Crippen LogP contribution in [-0.2, 0) is 17.6 Å². The Balaban J connectivity index is 1.68. The average molecular weight is 331 g/mol. The number of hydrogen-bond donors (Lipinski definition) is 2. The molecule has 0 unspecified atom stereocenters. The first kappa shape index (κ1) is 15.9. The Morgan fingerprint density at radius 3 is 3.04 bits per heavy atom. The Morgan fingerprint density at radius 1 is 1.48 bits per heavy atom. The molecule has 5 nitrogen and oxygen atoms in total. The second kappa shape index (κ2) is 6.66. The van der Waals surface area contributed by atoms with E-state index in [9.17, 15) is 9.59 Å². The third-order valence-corrected chi connectivity index (χ3v) is 5.27. The maximum absolute atomic E-state index is 12.3. The van der Waals surface area contributed by atoms with Gasteiger partial charge in [0.2, 0.25) is 11.5 Å². The quantitative estimate of drug-likeness (QED) is 0.904. The molecule has 1 amide bonds. The Bertz CT molecular complexity index is 763. The topological polar surface area (TPSA) is 74.8 Å². The number of aromatic nitrogens is 2. The highest BCUT2D eigenvalue weighted by molar-refractivity contribution is 7.09. The van der Waals surface area contributed by atoms with E-state index in [2.05, 4.69) is 29.1 Å². The Labute approximate surface area is 139 Å². The van der Waals surface area contributed by atoms with E-state index in [1.807, 2.05) is 11.4 Å². The van der Waals surface area contributed by atoms with Crippen molar-refractivity contribution in [3.8, 4) is 0 Å². The smallest absolute Gasteiger partial charge is 0.248 e. The number of nitrogens with zero attached hydrogens (tertiary/aromatic N) is 1. The van der Waals surface area contributed by atoms with Crippen LogP contribution in [0.4, 0.5) is 0 Å². The number of thiazole rings is 1. The molecular weight excluding hydrogens is 310 g/mol. The number of fused-ring (bicyclic) bond motifs is 1. The number of H-pyrrole nitrogens is 1. The molecule has 1 atom stereocenters. The van der Waals surface area contributed by atoms with Gasteiger partial charge in [-0.3, -0.25) is 9.59 Å². The van der Waals surface area contributed by atoms with Gasteiger partial charge >= 0.3 is 0 Å². The third-order valence-electron chi connectivity index (χ3n) is 4.07. The van der Waals surface area contributed by atoms with E-state index in [1.54, 1.807) is 11.3 Å². The standard InChI is InChI=1S/C17H21N3O2S/c1-10(2)17-18-11(9-23-17)8-16(22)20-14-5-3-4-13-12(14)6-7-15(21)19-13/h6-7,9-10,14H,3-5,8H2,1-2H3,(H,19,21)(H,20,22)/t14-/m1/s1. The van der Waals surface area contributed by atoms with Crippen molar-refractivity contribution < 1.29 is 4.79 Å². The highest BCUT2D eigenvalue weighted by atomic mass is 32.1. The lowest BCUT2D eigenvalue weighted by atomic mass is 9.91. The van der Waals surface area contributed by atoms with Crippen LogP contribution in [0.25, 0.3) is 0 Å². The van der Waals surface area contributed by atoms with Crippen LogP contribution in [0.1, 0.15) is 60.6 Å². The van der Waals surface area contributed by atoms with Gasteiger partial charge in [0.25, 0.3) is 0 Å². The molecule has 3 rings (SSSR count). The van der Waals surface area contributed by atoms with Crippen LogP contribution >= 0.6 is 11.3 Å². The average Bonchev–Trinajstić information content (AvgIpc) is 2.95. The molecule has 2 N–H and O–H groups in total. The van der Waals surface area contributed by atoms with Crippen molar-refractivity contribution in [2.45, 2.75) is 51.5 Å². The molecule has 2 aromatic heterocycles. The van der Waals surface area contributed by atoms with E-state index in [1.165, 1.54) is 6.07 Å². The first-order chi connectivity index (χ1) is 11.0. The molecule has 1 aliphatic rings. The van der Waals surface area contributed by atoms with E-state index >= 15 is 0 Å². The van der Waals surface area contributed by atoms with Crippen LogP contribution in [0.3, 0.4) is 0 Å². The SMILES string of the molecule is CC(C)c1nc(CC(=O)N[C@@H]2CCCc3[nH]c(=O)ccc32)cs1. The molecule has 0 saturated carbocycles. The first-order valence-corrected chi connectivity index (χ1v) is 8.86. The van der Waals surface area contributed by atoms with Gasteiger partial charge in [-0.25, -0.2) is 4.98 Å². The number of carbonyl (C=O) groups is 1. The molecular formula is C17H21N3O2S. The predicted octanol–water partition coefficient (Wildman–Crippen LogP) is 2.69. The van der Waals surface area contributed by atoms with E-state index in [-0.39, 0.29) is 17.5 Å². The van der Waals surface area contributed by atoms with Crippen molar-refractivity contribution in [3.63, 3.8) is 0 Å². The number of aromatic amines is 1. The zero-order valence-electron chi connectivity index (χ0n) is 13.4. The summed E-state index contributed by atoms with van der Waals surface area (Å²) in [7, 11) is 0. The van der Waals surface area contributed by atoms with Gasteiger partial charge in [-0.05, 0) is 30.9 Å². The minimum absolute atomic E-state index is 0.0188. The van der Waals surface area contributed by atoms with E-state index in [0.29, 0.717) is 12.3 Å². The molecule has 122 valence electrons. The lowest BCUT2D eigenvalue weighted by Crippen LogP contribution is -2.33. The fraction of sp³-hybridized carbons (Fsp3) is 0.471. The highest BCUT2D eigenvalue weighted by Gasteiger charge is 2.22. The molecule has 0 aliphatic heterocycles. The number of nitrogens with one attached hydrogen (secondary N) is 2. The minimum atomic E-state index is -0.0839. The summed E-state index contributed by atoms with van der Waals surface area (Å²) in [6.45, 7) is 4.20. The van der Waals surface area contributed by atoms with Gasteiger partial charge in [-0.15, -0.1) is 11.3 Å². The summed E-state index contributed by atoms with van der Waals surface area (Å²) >= 11 is 1.61. The number of pyridine rings is 1. The van der Waals surface area contributed by atoms with Crippen molar-refractivity contribution in [1.82, 2.24) is 15.3 Å². The van der Waals surface area contributed by atoms with Gasteiger partial charge in [-0.1, -0.05) is 13.8 Å². The summed E-state index contributed by atoms with van der Waals surface area (Å²) in [5.41, 5.74) is 2.73. The van der Waals surface area contributed by atoms with Gasteiger partial charge in [0.15, 0.2) is 0 Å². The summed E-state index contributed by atoms with van der Waals surface area (Å²) in [4.78, 5) is 31.1. The van der Waals surface area contributed by atoms with E-state index < -0.39 is 0 Å². The van der Waals surface area contributed by atoms with Crippen LogP contribution in [-0.4, -0.2) is 15.9 Å². The van der Waals surface area contributed by atoms with Gasteiger partial charge in [0, 0.05) is 23.1 Å². The van der Waals surface area contributed by atoms with Crippen LogP contribution in [0.5, 0.6) is 0 Å². The number of carbonyl (C=O) groups excluding carboxylic acids is 1. The van der Waals surface area contributed by atoms with Crippen LogP contribution in [0.15, 0.2) is 22.3 Å². The largest absolute Gasteiger partial charge is 0.349 e. The fourth-order valence-corrected chi connectivity index (χ4v) is 3.76. The van der Waals surface area contributed by atoms with Crippen molar-refractivity contribution in [2.75, 3.05) is 0 Å². The maximum Gasteiger partial charge on any atom is 0.248 e. The molecule has 0 spiro atoms. The van der Waals surface area contributed by atoms with Crippen molar-refractivity contribution in [2.24, 2.45) is 0 Å². The molecule has 0 aromatic carbocycles. The fourth-order valence-electron chi connectivity index (χ4n) is 2.93. The summed E-state index contributed by atoms with van der Waals surface area (Å²) in [6.07, 6.45) is 3.03. The monoisotopic (exact) mass is 331 g/mol. The minimum Gasteiger partial charge on any atom is -0.349 e. The zero-order chi connectivity index (χ0) is 16.4. The first-order valence-electron chi connectivity index (χ1n) is 7.98. The second-order valence-corrected chi connectivity index (χ2v) is 7.17. The van der Waals surface area contributed by atoms with Crippen molar-refractivity contribution >= 4 is 17.2 Å². The molecule has 2 aromatic rings. The molecule has 6 heteroatoms. The third kappa shape index (κ3) is 3.69. The van der Waals surface area contributed by atoms with Crippen LogP contribution in [0, 0.1) is 0 Å². The van der Waals surface area contributed by atoms with E-state index in [0.717, 1.165) is 41.2 Å². The highest BCUT2D eigenvalue weighted by Crippen LogP contribution is 2.27. The number of amides is 1. The van der Waals surface area contributed by atoms with Crippen LogP contribution < -0.4 is 10.9 Å². The summed E-state index contributed by atoms with van der Waals surface area (Å²) in [6, 6.07) is 3.34. The molecule has 1 aliphatic carbocycles. The Morgan fingerprint density at radius 2 is 2.30 bits per heavy atom. The molecule has 23 heavy (non-hydrogen) atoms. The second-order valence-electron chi connectivity index (χ2n) is 6.28. The maximum atomic E-state index is 12.3. The van der Waals surface area contributed by atoms with Crippen molar-refractivity contribution in [1.29, 1.82) is 0 Å². The normalized spacial score (nSPS) is 17.1. The predicted molar refractivity (Wildman–Crippen MR) is 90.8 cm³/mol. The summed E-state index contributed by atoms with van der Waals surface area (Å²) < 4.78 is 0. The molecule has 0 bridgehead atoms. The van der Waals surface area contributed by atoms with Gasteiger partial charge < -0.3 is 10.3 Å².